The Morgan fingerprint density at radius 1 is 1.19 bits per heavy atom. The van der Waals surface area contributed by atoms with Crippen LogP contribution < -0.4 is 10.6 Å². The minimum absolute atomic E-state index is 0.103. The number of hydrogen-bond donors (Lipinski definition) is 3. The van der Waals surface area contributed by atoms with Crippen LogP contribution in [0.25, 0.3) is 6.08 Å². The molecule has 0 bridgehead atoms. The maximum Gasteiger partial charge on any atom is 0.326 e. The highest BCUT2D eigenvalue weighted by atomic mass is 32.2. The number of carboxylic acids is 1. The fourth-order valence-corrected chi connectivity index (χ4v) is 2.66. The number of carbonyl (C=O) groups excluding carboxylic acids is 2. The lowest BCUT2D eigenvalue weighted by Gasteiger charge is -2.16. The smallest absolute Gasteiger partial charge is 0.326 e. The second kappa shape index (κ2) is 10.2. The van der Waals surface area contributed by atoms with Crippen molar-refractivity contribution in [2.45, 2.75) is 12.5 Å². The third-order valence-electron chi connectivity index (χ3n) is 3.57. The van der Waals surface area contributed by atoms with Crippen LogP contribution in [0.5, 0.6) is 0 Å². The fourth-order valence-electron chi connectivity index (χ4n) is 2.19. The van der Waals surface area contributed by atoms with Gasteiger partial charge < -0.3 is 20.2 Å². The van der Waals surface area contributed by atoms with Gasteiger partial charge in [0.1, 0.15) is 17.5 Å². The molecule has 1 aromatic heterocycles. The molecule has 0 unspecified atom stereocenters. The van der Waals surface area contributed by atoms with E-state index >= 15 is 0 Å². The van der Waals surface area contributed by atoms with E-state index in [1.165, 1.54) is 24.1 Å². The Kier molecular flexibility index (Phi) is 7.69. The summed E-state index contributed by atoms with van der Waals surface area (Å²) in [6.45, 7) is 0. The molecule has 1 aromatic carbocycles. The molecule has 1 heterocycles. The van der Waals surface area contributed by atoms with Crippen LogP contribution in [0.15, 0.2) is 58.8 Å². The minimum atomic E-state index is -1.14. The van der Waals surface area contributed by atoms with Gasteiger partial charge in [-0.3, -0.25) is 9.59 Å². The first kappa shape index (κ1) is 20.3. The van der Waals surface area contributed by atoms with Crippen molar-refractivity contribution < 1.29 is 23.9 Å². The summed E-state index contributed by atoms with van der Waals surface area (Å²) >= 11 is 1.48. The average Bonchev–Trinajstić information content (AvgIpc) is 3.18. The summed E-state index contributed by atoms with van der Waals surface area (Å²) in [5, 5.41) is 14.3. The predicted molar refractivity (Wildman–Crippen MR) is 103 cm³/mol. The second-order valence-corrected chi connectivity index (χ2v) is 6.52. The number of benzene rings is 1. The van der Waals surface area contributed by atoms with Crippen molar-refractivity contribution in [3.8, 4) is 0 Å². The van der Waals surface area contributed by atoms with E-state index < -0.39 is 23.8 Å². The molecular formula is C19H20N2O5S. The molecule has 27 heavy (non-hydrogen) atoms. The molecule has 2 aromatic rings. The van der Waals surface area contributed by atoms with Crippen molar-refractivity contribution in [3.05, 3.63) is 65.7 Å². The van der Waals surface area contributed by atoms with Gasteiger partial charge >= 0.3 is 5.97 Å². The highest BCUT2D eigenvalue weighted by molar-refractivity contribution is 7.98. The van der Waals surface area contributed by atoms with Gasteiger partial charge in [0.2, 0.25) is 0 Å². The van der Waals surface area contributed by atoms with Gasteiger partial charge in [-0.1, -0.05) is 18.2 Å². The summed E-state index contributed by atoms with van der Waals surface area (Å²) < 4.78 is 5.19. The summed E-state index contributed by atoms with van der Waals surface area (Å²) in [6, 6.07) is 10.6. The topological polar surface area (TPSA) is 109 Å². The van der Waals surface area contributed by atoms with E-state index in [9.17, 15) is 19.5 Å². The maximum absolute atomic E-state index is 12.6. The van der Waals surface area contributed by atoms with Gasteiger partial charge in [-0.15, -0.1) is 0 Å². The molecule has 7 nitrogen and oxygen atoms in total. The Bertz CT molecular complexity index is 803. The number of nitrogens with one attached hydrogen (secondary N) is 2. The van der Waals surface area contributed by atoms with Crippen molar-refractivity contribution in [1.29, 1.82) is 0 Å². The van der Waals surface area contributed by atoms with Gasteiger partial charge in [0.15, 0.2) is 0 Å². The Labute approximate surface area is 160 Å². The predicted octanol–water partition coefficient (Wildman–Crippen LogP) is 2.37. The van der Waals surface area contributed by atoms with Crippen molar-refractivity contribution in [1.82, 2.24) is 10.6 Å². The molecule has 0 fully saturated rings. The molecule has 1 atom stereocenters. The number of carbonyl (C=O) groups is 3. The summed E-state index contributed by atoms with van der Waals surface area (Å²) in [4.78, 5) is 36.4. The van der Waals surface area contributed by atoms with E-state index in [4.69, 9.17) is 4.42 Å². The monoisotopic (exact) mass is 388 g/mol. The molecule has 0 spiro atoms. The molecular weight excluding hydrogens is 368 g/mol. The molecule has 2 amide bonds. The summed E-state index contributed by atoms with van der Waals surface area (Å²) in [6.07, 6.45) is 4.90. The number of rotatable bonds is 9. The summed E-state index contributed by atoms with van der Waals surface area (Å²) in [5.74, 6) is -1.40. The summed E-state index contributed by atoms with van der Waals surface area (Å²) in [7, 11) is 0. The standard InChI is InChI=1S/C19H20N2O5S/c1-27-11-9-15(19(24)25)20-18(23)16(12-14-8-5-10-26-14)21-17(22)13-6-3-2-4-7-13/h2-8,10,12,15H,9,11H2,1H3,(H,20,23)(H,21,22)(H,24,25)/b16-12-/t15-/m1/s1. The highest BCUT2D eigenvalue weighted by Crippen LogP contribution is 2.09. The van der Waals surface area contributed by atoms with E-state index in [0.717, 1.165) is 0 Å². The zero-order chi connectivity index (χ0) is 19.6. The van der Waals surface area contributed by atoms with Crippen LogP contribution in [0.3, 0.4) is 0 Å². The quantitative estimate of drug-likeness (QED) is 0.569. The largest absolute Gasteiger partial charge is 0.480 e. The molecule has 0 aliphatic rings. The summed E-state index contributed by atoms with van der Waals surface area (Å²) in [5.41, 5.74) is 0.266. The Balaban J connectivity index is 2.20. The lowest BCUT2D eigenvalue weighted by molar-refractivity contribution is -0.141. The average molecular weight is 388 g/mol. The lowest BCUT2D eigenvalue weighted by atomic mass is 10.2. The van der Waals surface area contributed by atoms with Crippen molar-refractivity contribution >= 4 is 35.6 Å². The molecule has 2 rings (SSSR count). The van der Waals surface area contributed by atoms with Gasteiger partial charge in [-0.25, -0.2) is 4.79 Å². The van der Waals surface area contributed by atoms with E-state index in [-0.39, 0.29) is 12.1 Å². The molecule has 3 N–H and O–H groups in total. The first-order valence-corrected chi connectivity index (χ1v) is 9.55. The van der Waals surface area contributed by atoms with Gasteiger partial charge in [0.05, 0.1) is 6.26 Å². The van der Waals surface area contributed by atoms with Crippen LogP contribution in [0, 0.1) is 0 Å². The van der Waals surface area contributed by atoms with E-state index in [1.54, 1.807) is 42.5 Å². The Morgan fingerprint density at radius 3 is 2.52 bits per heavy atom. The van der Waals surface area contributed by atoms with Crippen LogP contribution >= 0.6 is 11.8 Å². The normalized spacial score (nSPS) is 12.3. The first-order chi connectivity index (χ1) is 13.0. The zero-order valence-corrected chi connectivity index (χ0v) is 15.5. The molecule has 0 saturated carbocycles. The molecule has 0 aliphatic carbocycles. The Morgan fingerprint density at radius 2 is 1.93 bits per heavy atom. The molecule has 0 radical (unpaired) electrons. The van der Waals surface area contributed by atoms with Crippen molar-refractivity contribution in [2.24, 2.45) is 0 Å². The third-order valence-corrected chi connectivity index (χ3v) is 4.22. The SMILES string of the molecule is CSCC[C@@H](NC(=O)/C(=C/c1ccco1)NC(=O)c1ccccc1)C(=O)O. The van der Waals surface area contributed by atoms with Gasteiger partial charge in [0, 0.05) is 11.6 Å². The van der Waals surface area contributed by atoms with Gasteiger partial charge in [-0.2, -0.15) is 11.8 Å². The van der Waals surface area contributed by atoms with Crippen LogP contribution in [0.1, 0.15) is 22.5 Å². The zero-order valence-electron chi connectivity index (χ0n) is 14.7. The van der Waals surface area contributed by atoms with Crippen LogP contribution in [0.4, 0.5) is 0 Å². The van der Waals surface area contributed by atoms with Gasteiger partial charge in [0.25, 0.3) is 11.8 Å². The number of amides is 2. The minimum Gasteiger partial charge on any atom is -0.480 e. The van der Waals surface area contributed by atoms with Crippen LogP contribution in [-0.4, -0.2) is 40.9 Å². The first-order valence-electron chi connectivity index (χ1n) is 8.15. The van der Waals surface area contributed by atoms with E-state index in [2.05, 4.69) is 10.6 Å². The number of furan rings is 1. The number of thioether (sulfide) groups is 1. The van der Waals surface area contributed by atoms with Crippen LogP contribution in [-0.2, 0) is 9.59 Å². The number of aliphatic carboxylic acids is 1. The Hall–Kier alpha value is -3.00. The van der Waals surface area contributed by atoms with Gasteiger partial charge in [-0.05, 0) is 42.7 Å². The lowest BCUT2D eigenvalue weighted by Crippen LogP contribution is -2.44. The molecule has 0 aliphatic heterocycles. The van der Waals surface area contributed by atoms with Crippen molar-refractivity contribution in [3.63, 3.8) is 0 Å². The second-order valence-electron chi connectivity index (χ2n) is 5.54. The fraction of sp³-hybridized carbons (Fsp3) is 0.211. The number of carboxylic acid groups (broad SMARTS) is 1. The van der Waals surface area contributed by atoms with Crippen LogP contribution in [0.2, 0.25) is 0 Å². The highest BCUT2D eigenvalue weighted by Gasteiger charge is 2.23. The molecule has 0 saturated heterocycles. The van der Waals surface area contributed by atoms with E-state index in [0.29, 0.717) is 17.1 Å². The van der Waals surface area contributed by atoms with Crippen molar-refractivity contribution in [2.75, 3.05) is 12.0 Å². The number of hydrogen-bond acceptors (Lipinski definition) is 5. The third kappa shape index (κ3) is 6.34. The maximum atomic E-state index is 12.6. The molecule has 142 valence electrons. The van der Waals surface area contributed by atoms with E-state index in [1.807, 2.05) is 6.26 Å². The molecule has 8 heteroatoms.